The molecule has 1 nitrogen and oxygen atoms in total. The molecule has 2 aromatic rings. The van der Waals surface area contributed by atoms with Crippen LogP contribution in [0.3, 0.4) is 0 Å². The molecule has 0 saturated heterocycles. The Labute approximate surface area is 173 Å². The van der Waals surface area contributed by atoms with Gasteiger partial charge in [0.2, 0.25) is 0 Å². The Hall–Kier alpha value is -2.21. The molecule has 0 aliphatic heterocycles. The molecule has 1 atom stereocenters. The lowest BCUT2D eigenvalue weighted by atomic mass is 9.80. The monoisotopic (exact) mass is 395 g/mol. The smallest absolute Gasteiger partial charge is 0.144 e. The fraction of sp³-hybridized carbons (Fsp3) is 0.500. The molecular weight excluding hydrogens is 364 g/mol. The van der Waals surface area contributed by atoms with Gasteiger partial charge in [-0.05, 0) is 85.3 Å². The van der Waals surface area contributed by atoms with Gasteiger partial charge in [0.05, 0.1) is 5.56 Å². The quantitative estimate of drug-likeness (QED) is 0.416. The number of hydrogen-bond acceptors (Lipinski definition) is 1. The summed E-state index contributed by atoms with van der Waals surface area (Å²) >= 11 is 0. The zero-order valence-corrected chi connectivity index (χ0v) is 17.4. The van der Waals surface area contributed by atoms with E-state index in [2.05, 4.69) is 13.0 Å². The Morgan fingerprint density at radius 2 is 1.86 bits per heavy atom. The number of halogens is 2. The first kappa shape index (κ1) is 21.5. The molecule has 29 heavy (non-hydrogen) atoms. The molecule has 2 aromatic carbocycles. The van der Waals surface area contributed by atoms with Crippen LogP contribution in [0.5, 0.6) is 0 Å². The number of benzene rings is 2. The molecular formula is C26H31F2N. The van der Waals surface area contributed by atoms with Crippen LogP contribution in [0.1, 0.15) is 79.7 Å². The maximum atomic E-state index is 14.5. The van der Waals surface area contributed by atoms with Crippen LogP contribution >= 0.6 is 0 Å². The van der Waals surface area contributed by atoms with E-state index in [9.17, 15) is 8.78 Å². The van der Waals surface area contributed by atoms with Crippen LogP contribution in [-0.4, -0.2) is 0 Å². The average Bonchev–Trinajstić information content (AvgIpc) is 2.73. The van der Waals surface area contributed by atoms with Crippen molar-refractivity contribution in [3.05, 3.63) is 69.8 Å². The Morgan fingerprint density at radius 3 is 2.62 bits per heavy atom. The van der Waals surface area contributed by atoms with E-state index in [1.165, 1.54) is 25.7 Å². The van der Waals surface area contributed by atoms with Crippen molar-refractivity contribution < 1.29 is 8.78 Å². The normalized spacial score (nSPS) is 15.7. The predicted octanol–water partition coefficient (Wildman–Crippen LogP) is 7.09. The number of aryl methyl sites for hydroxylation is 2. The van der Waals surface area contributed by atoms with Crippen LogP contribution in [0.2, 0.25) is 0 Å². The van der Waals surface area contributed by atoms with Gasteiger partial charge in [-0.3, -0.25) is 0 Å². The van der Waals surface area contributed by atoms with Crippen molar-refractivity contribution in [2.24, 2.45) is 5.92 Å². The van der Waals surface area contributed by atoms with Crippen LogP contribution in [-0.2, 0) is 25.7 Å². The second kappa shape index (κ2) is 10.5. The minimum atomic E-state index is -0.347. The number of rotatable bonds is 9. The van der Waals surface area contributed by atoms with Crippen LogP contribution in [0.4, 0.5) is 8.78 Å². The molecule has 0 spiro atoms. The zero-order valence-electron chi connectivity index (χ0n) is 17.4. The number of nitrogens with zero attached hydrogens (tertiary/aromatic N) is 1. The highest BCUT2D eigenvalue weighted by Gasteiger charge is 2.23. The Balaban J connectivity index is 1.51. The topological polar surface area (TPSA) is 23.8 Å². The number of fused-ring (bicyclic) bond motifs is 1. The minimum absolute atomic E-state index is 0.0861. The summed E-state index contributed by atoms with van der Waals surface area (Å²) in [6.07, 6.45) is 11.1. The highest BCUT2D eigenvalue weighted by Crippen LogP contribution is 2.31. The van der Waals surface area contributed by atoms with E-state index < -0.39 is 0 Å². The fourth-order valence-corrected chi connectivity index (χ4v) is 4.46. The molecule has 1 aliphatic rings. The van der Waals surface area contributed by atoms with Gasteiger partial charge < -0.3 is 0 Å². The van der Waals surface area contributed by atoms with Crippen LogP contribution in [0.15, 0.2) is 30.3 Å². The molecule has 0 fully saturated rings. The van der Waals surface area contributed by atoms with Gasteiger partial charge in [0.25, 0.3) is 0 Å². The van der Waals surface area contributed by atoms with Crippen LogP contribution in [0.25, 0.3) is 0 Å². The highest BCUT2D eigenvalue weighted by atomic mass is 19.1. The highest BCUT2D eigenvalue weighted by molar-refractivity contribution is 5.41. The van der Waals surface area contributed by atoms with E-state index in [-0.39, 0.29) is 17.2 Å². The molecule has 0 bridgehead atoms. The lowest BCUT2D eigenvalue weighted by Gasteiger charge is -2.25. The number of hydrogen-bond donors (Lipinski definition) is 0. The molecule has 3 heteroatoms. The van der Waals surface area contributed by atoms with Gasteiger partial charge in [-0.2, -0.15) is 5.26 Å². The Kier molecular flexibility index (Phi) is 7.81. The van der Waals surface area contributed by atoms with Crippen molar-refractivity contribution in [3.63, 3.8) is 0 Å². The number of nitriles is 1. The first-order valence-corrected chi connectivity index (χ1v) is 11.1. The van der Waals surface area contributed by atoms with E-state index in [0.29, 0.717) is 17.9 Å². The lowest BCUT2D eigenvalue weighted by molar-refractivity contribution is 0.415. The van der Waals surface area contributed by atoms with E-state index >= 15 is 0 Å². The standard InChI is InChI=1S/C26H31F2N/c1-2-3-4-5-6-7-19-8-11-21(25(27)17-19)12-9-20-10-15-24-22(16-20)13-14-23(18-29)26(24)28/h8,11,13-14,17,20H,2-7,9-10,12,15-16H2,1H3. The SMILES string of the molecule is CCCCCCCc1ccc(CCC2CCc3c(ccc(C#N)c3F)C2)c(F)c1. The molecule has 0 N–H and O–H groups in total. The van der Waals surface area contributed by atoms with Crippen molar-refractivity contribution in [3.8, 4) is 6.07 Å². The first-order chi connectivity index (χ1) is 14.1. The predicted molar refractivity (Wildman–Crippen MR) is 114 cm³/mol. The summed E-state index contributed by atoms with van der Waals surface area (Å²) in [6, 6.07) is 11.1. The summed E-state index contributed by atoms with van der Waals surface area (Å²) in [4.78, 5) is 0. The summed E-state index contributed by atoms with van der Waals surface area (Å²) in [7, 11) is 0. The van der Waals surface area contributed by atoms with Gasteiger partial charge in [-0.1, -0.05) is 50.8 Å². The molecule has 0 heterocycles. The maximum absolute atomic E-state index is 14.5. The maximum Gasteiger partial charge on any atom is 0.144 e. The van der Waals surface area contributed by atoms with E-state index in [4.69, 9.17) is 5.26 Å². The molecule has 154 valence electrons. The summed E-state index contributed by atoms with van der Waals surface area (Å²) in [6.45, 7) is 2.21. The average molecular weight is 396 g/mol. The third-order valence-corrected chi connectivity index (χ3v) is 6.28. The van der Waals surface area contributed by atoms with E-state index in [1.807, 2.05) is 18.2 Å². The zero-order chi connectivity index (χ0) is 20.6. The lowest BCUT2D eigenvalue weighted by Crippen LogP contribution is -2.17. The van der Waals surface area contributed by atoms with Gasteiger partial charge in [0, 0.05) is 0 Å². The number of unbranched alkanes of at least 4 members (excludes halogenated alkanes) is 4. The molecule has 1 unspecified atom stereocenters. The van der Waals surface area contributed by atoms with E-state index in [1.54, 1.807) is 12.1 Å². The molecule has 0 saturated carbocycles. The third kappa shape index (κ3) is 5.66. The molecule has 0 aromatic heterocycles. The van der Waals surface area contributed by atoms with Gasteiger partial charge >= 0.3 is 0 Å². The van der Waals surface area contributed by atoms with Crippen molar-refractivity contribution >= 4 is 0 Å². The van der Waals surface area contributed by atoms with Crippen LogP contribution < -0.4 is 0 Å². The Morgan fingerprint density at radius 1 is 1.03 bits per heavy atom. The van der Waals surface area contributed by atoms with E-state index in [0.717, 1.165) is 55.2 Å². The molecule has 0 radical (unpaired) electrons. The van der Waals surface area contributed by atoms with Crippen LogP contribution in [0, 0.1) is 28.9 Å². The fourth-order valence-electron chi connectivity index (χ4n) is 4.46. The van der Waals surface area contributed by atoms with Crippen molar-refractivity contribution in [2.75, 3.05) is 0 Å². The van der Waals surface area contributed by atoms with Crippen molar-refractivity contribution in [1.82, 2.24) is 0 Å². The largest absolute Gasteiger partial charge is 0.207 e. The second-order valence-corrected chi connectivity index (χ2v) is 8.41. The minimum Gasteiger partial charge on any atom is -0.207 e. The van der Waals surface area contributed by atoms with Gasteiger partial charge in [0.15, 0.2) is 0 Å². The molecule has 3 rings (SSSR count). The third-order valence-electron chi connectivity index (χ3n) is 6.28. The van der Waals surface area contributed by atoms with Crippen molar-refractivity contribution in [2.45, 2.75) is 77.6 Å². The summed E-state index contributed by atoms with van der Waals surface area (Å²) < 4.78 is 28.8. The summed E-state index contributed by atoms with van der Waals surface area (Å²) in [5, 5.41) is 8.98. The summed E-state index contributed by atoms with van der Waals surface area (Å²) in [5.74, 6) is 0.00392. The second-order valence-electron chi connectivity index (χ2n) is 8.41. The summed E-state index contributed by atoms with van der Waals surface area (Å²) in [5.41, 5.74) is 3.73. The van der Waals surface area contributed by atoms with Gasteiger partial charge in [0.1, 0.15) is 17.7 Å². The molecule has 1 aliphatic carbocycles. The first-order valence-electron chi connectivity index (χ1n) is 11.1. The molecule has 0 amide bonds. The Bertz CT molecular complexity index is 866. The van der Waals surface area contributed by atoms with Gasteiger partial charge in [-0.15, -0.1) is 0 Å². The van der Waals surface area contributed by atoms with Crippen molar-refractivity contribution in [1.29, 1.82) is 5.26 Å². The van der Waals surface area contributed by atoms with Gasteiger partial charge in [-0.25, -0.2) is 8.78 Å².